The zero-order valence-corrected chi connectivity index (χ0v) is 10.4. The van der Waals surface area contributed by atoms with Crippen molar-refractivity contribution in [3.63, 3.8) is 0 Å². The third-order valence-corrected chi connectivity index (χ3v) is 2.36. The number of hydrogen-bond donors (Lipinski definition) is 4. The topological polar surface area (TPSA) is 109 Å². The zero-order chi connectivity index (χ0) is 13.5. The molecule has 0 saturated heterocycles. The SMILES string of the molecule is CNC(=O)CCNC(=O)c1cnc(C)cc1NN. The minimum Gasteiger partial charge on any atom is -0.359 e. The van der Waals surface area contributed by atoms with Gasteiger partial charge in [0.15, 0.2) is 0 Å². The van der Waals surface area contributed by atoms with E-state index in [2.05, 4.69) is 21.0 Å². The molecule has 0 spiro atoms. The van der Waals surface area contributed by atoms with Gasteiger partial charge in [0, 0.05) is 31.9 Å². The van der Waals surface area contributed by atoms with Gasteiger partial charge in [-0.1, -0.05) is 0 Å². The lowest BCUT2D eigenvalue weighted by molar-refractivity contribution is -0.120. The molecule has 0 saturated carbocycles. The molecular formula is C11H17N5O2. The highest BCUT2D eigenvalue weighted by molar-refractivity contribution is 5.99. The Labute approximate surface area is 105 Å². The number of pyridine rings is 1. The van der Waals surface area contributed by atoms with Crippen LogP contribution in [-0.4, -0.2) is 30.4 Å². The van der Waals surface area contributed by atoms with Gasteiger partial charge in [-0.2, -0.15) is 0 Å². The fourth-order valence-electron chi connectivity index (χ4n) is 1.37. The van der Waals surface area contributed by atoms with Crippen LogP contribution in [0, 0.1) is 6.92 Å². The van der Waals surface area contributed by atoms with Crippen LogP contribution in [0.25, 0.3) is 0 Å². The van der Waals surface area contributed by atoms with Crippen molar-refractivity contribution >= 4 is 17.5 Å². The average molecular weight is 251 g/mol. The van der Waals surface area contributed by atoms with E-state index in [0.717, 1.165) is 5.69 Å². The summed E-state index contributed by atoms with van der Waals surface area (Å²) in [5.74, 6) is 4.88. The molecule has 0 bridgehead atoms. The van der Waals surface area contributed by atoms with Crippen LogP contribution in [0.15, 0.2) is 12.3 Å². The number of nitrogens with two attached hydrogens (primary N) is 1. The molecule has 7 nitrogen and oxygen atoms in total. The first kappa shape index (κ1) is 13.9. The maximum atomic E-state index is 11.8. The molecule has 1 rings (SSSR count). The second-order valence-corrected chi connectivity index (χ2v) is 3.69. The van der Waals surface area contributed by atoms with E-state index in [-0.39, 0.29) is 24.8 Å². The van der Waals surface area contributed by atoms with Crippen LogP contribution in [0.3, 0.4) is 0 Å². The number of aryl methyl sites for hydroxylation is 1. The molecule has 1 aromatic rings. The number of carbonyl (C=O) groups excluding carboxylic acids is 2. The number of nitrogens with zero attached hydrogens (tertiary/aromatic N) is 1. The van der Waals surface area contributed by atoms with Gasteiger partial charge in [0.1, 0.15) is 0 Å². The Balaban J connectivity index is 2.64. The first-order valence-corrected chi connectivity index (χ1v) is 5.50. The molecule has 0 aliphatic rings. The van der Waals surface area contributed by atoms with Crippen LogP contribution in [0.4, 0.5) is 5.69 Å². The average Bonchev–Trinajstić information content (AvgIpc) is 2.37. The summed E-state index contributed by atoms with van der Waals surface area (Å²) >= 11 is 0. The number of rotatable bonds is 5. The Morgan fingerprint density at radius 2 is 2.17 bits per heavy atom. The summed E-state index contributed by atoms with van der Waals surface area (Å²) in [6.07, 6.45) is 1.67. The molecule has 1 aromatic heterocycles. The summed E-state index contributed by atoms with van der Waals surface area (Å²) in [4.78, 5) is 26.9. The molecule has 7 heteroatoms. The highest BCUT2D eigenvalue weighted by Crippen LogP contribution is 2.13. The number of anilines is 1. The quantitative estimate of drug-likeness (QED) is 0.418. The molecule has 1 heterocycles. The molecule has 0 aromatic carbocycles. The lowest BCUT2D eigenvalue weighted by Crippen LogP contribution is -2.30. The normalized spacial score (nSPS) is 9.72. The summed E-state index contributed by atoms with van der Waals surface area (Å²) in [5, 5.41) is 5.10. The summed E-state index contributed by atoms with van der Waals surface area (Å²) in [5.41, 5.74) is 4.05. The second kappa shape index (κ2) is 6.55. The molecule has 2 amide bonds. The fourth-order valence-corrected chi connectivity index (χ4v) is 1.37. The monoisotopic (exact) mass is 251 g/mol. The van der Waals surface area contributed by atoms with E-state index < -0.39 is 0 Å². The molecule has 98 valence electrons. The van der Waals surface area contributed by atoms with Gasteiger partial charge in [-0.05, 0) is 13.0 Å². The molecule has 0 aliphatic carbocycles. The van der Waals surface area contributed by atoms with Crippen LogP contribution < -0.4 is 21.9 Å². The number of nitrogen functional groups attached to an aromatic ring is 1. The van der Waals surface area contributed by atoms with E-state index in [1.54, 1.807) is 20.0 Å². The zero-order valence-electron chi connectivity index (χ0n) is 10.4. The van der Waals surface area contributed by atoms with E-state index in [1.807, 2.05) is 0 Å². The molecule has 0 unspecified atom stereocenters. The summed E-state index contributed by atoms with van der Waals surface area (Å²) in [7, 11) is 1.55. The van der Waals surface area contributed by atoms with E-state index >= 15 is 0 Å². The Morgan fingerprint density at radius 3 is 2.78 bits per heavy atom. The lowest BCUT2D eigenvalue weighted by Gasteiger charge is -2.09. The predicted molar refractivity (Wildman–Crippen MR) is 67.8 cm³/mol. The van der Waals surface area contributed by atoms with Gasteiger partial charge in [0.05, 0.1) is 11.3 Å². The Hall–Kier alpha value is -2.15. The molecule has 0 aliphatic heterocycles. The van der Waals surface area contributed by atoms with Gasteiger partial charge in [0.25, 0.3) is 5.91 Å². The third-order valence-electron chi connectivity index (χ3n) is 2.36. The van der Waals surface area contributed by atoms with Crippen LogP contribution in [0.5, 0.6) is 0 Å². The number of hydrogen-bond acceptors (Lipinski definition) is 5. The van der Waals surface area contributed by atoms with E-state index in [9.17, 15) is 9.59 Å². The minimum absolute atomic E-state index is 0.130. The number of aromatic nitrogens is 1. The minimum atomic E-state index is -0.320. The number of carbonyl (C=O) groups is 2. The van der Waals surface area contributed by atoms with E-state index in [4.69, 9.17) is 5.84 Å². The molecule has 0 radical (unpaired) electrons. The largest absolute Gasteiger partial charge is 0.359 e. The predicted octanol–water partition coefficient (Wildman–Crippen LogP) is -0.458. The van der Waals surface area contributed by atoms with Crippen LogP contribution >= 0.6 is 0 Å². The van der Waals surface area contributed by atoms with Gasteiger partial charge in [-0.3, -0.25) is 20.4 Å². The van der Waals surface area contributed by atoms with Crippen molar-refractivity contribution < 1.29 is 9.59 Å². The van der Waals surface area contributed by atoms with Crippen molar-refractivity contribution in [1.82, 2.24) is 15.6 Å². The number of hydrazine groups is 1. The molecule has 5 N–H and O–H groups in total. The van der Waals surface area contributed by atoms with Gasteiger partial charge in [-0.15, -0.1) is 0 Å². The summed E-state index contributed by atoms with van der Waals surface area (Å²) in [6.45, 7) is 2.06. The fraction of sp³-hybridized carbons (Fsp3) is 0.364. The first-order chi connectivity index (χ1) is 8.58. The smallest absolute Gasteiger partial charge is 0.255 e. The molecular weight excluding hydrogens is 234 g/mol. The van der Waals surface area contributed by atoms with Crippen molar-refractivity contribution in [2.45, 2.75) is 13.3 Å². The van der Waals surface area contributed by atoms with Crippen molar-refractivity contribution in [3.05, 3.63) is 23.5 Å². The van der Waals surface area contributed by atoms with Gasteiger partial charge in [-0.25, -0.2) is 0 Å². The van der Waals surface area contributed by atoms with Crippen LogP contribution in [-0.2, 0) is 4.79 Å². The molecule has 18 heavy (non-hydrogen) atoms. The van der Waals surface area contributed by atoms with Crippen LogP contribution in [0.1, 0.15) is 22.5 Å². The van der Waals surface area contributed by atoms with Crippen molar-refractivity contribution in [3.8, 4) is 0 Å². The maximum absolute atomic E-state index is 11.8. The standard InChI is InChI=1S/C11H17N5O2/c1-7-5-9(16-12)8(6-15-7)11(18)14-4-3-10(17)13-2/h5-6H,3-4,12H2,1-2H3,(H,13,17)(H,14,18)(H,15,16). The number of amides is 2. The third kappa shape index (κ3) is 3.70. The van der Waals surface area contributed by atoms with E-state index in [1.165, 1.54) is 6.20 Å². The summed E-state index contributed by atoms with van der Waals surface area (Å²) < 4.78 is 0. The second-order valence-electron chi connectivity index (χ2n) is 3.69. The summed E-state index contributed by atoms with van der Waals surface area (Å²) in [6, 6.07) is 1.67. The first-order valence-electron chi connectivity index (χ1n) is 5.50. The molecule has 0 atom stereocenters. The van der Waals surface area contributed by atoms with Gasteiger partial charge in [0.2, 0.25) is 5.91 Å². The van der Waals surface area contributed by atoms with Crippen LogP contribution in [0.2, 0.25) is 0 Å². The number of nitrogens with one attached hydrogen (secondary N) is 3. The van der Waals surface area contributed by atoms with Crippen molar-refractivity contribution in [2.75, 3.05) is 19.0 Å². The Bertz CT molecular complexity index is 447. The van der Waals surface area contributed by atoms with Gasteiger partial charge < -0.3 is 16.1 Å². The van der Waals surface area contributed by atoms with E-state index in [0.29, 0.717) is 11.3 Å². The van der Waals surface area contributed by atoms with Gasteiger partial charge >= 0.3 is 0 Å². The Morgan fingerprint density at radius 1 is 1.44 bits per heavy atom. The molecule has 0 fully saturated rings. The Kier molecular flexibility index (Phi) is 5.06. The lowest BCUT2D eigenvalue weighted by atomic mass is 10.2. The highest BCUT2D eigenvalue weighted by atomic mass is 16.2. The highest BCUT2D eigenvalue weighted by Gasteiger charge is 2.11. The van der Waals surface area contributed by atoms with Crippen molar-refractivity contribution in [1.29, 1.82) is 0 Å². The maximum Gasteiger partial charge on any atom is 0.255 e. The van der Waals surface area contributed by atoms with Crippen molar-refractivity contribution in [2.24, 2.45) is 5.84 Å².